The van der Waals surface area contributed by atoms with Gasteiger partial charge in [0.2, 0.25) is 0 Å². The molecule has 0 aromatic carbocycles. The molecule has 3 N–H and O–H groups in total. The quantitative estimate of drug-likeness (QED) is 0.496. The summed E-state index contributed by atoms with van der Waals surface area (Å²) < 4.78 is 0. The van der Waals surface area contributed by atoms with Gasteiger partial charge < -0.3 is 0 Å². The van der Waals surface area contributed by atoms with Crippen LogP contribution in [0.3, 0.4) is 0 Å². The molecule has 0 amide bonds. The Morgan fingerprint density at radius 2 is 1.60 bits per heavy atom. The number of hydrogen-bond acceptors (Lipinski definition) is 2. The highest BCUT2D eigenvalue weighted by Gasteiger charge is 2.27. The van der Waals surface area contributed by atoms with Crippen molar-refractivity contribution in [2.24, 2.45) is 23.6 Å². The summed E-state index contributed by atoms with van der Waals surface area (Å²) >= 11 is 0. The lowest BCUT2D eigenvalue weighted by Crippen LogP contribution is -2.42. The van der Waals surface area contributed by atoms with E-state index in [1.54, 1.807) is 0 Å². The van der Waals surface area contributed by atoms with E-state index < -0.39 is 0 Å². The Balaban J connectivity index is 1.66. The van der Waals surface area contributed by atoms with Gasteiger partial charge in [0.1, 0.15) is 0 Å². The first kappa shape index (κ1) is 16.3. The van der Waals surface area contributed by atoms with E-state index in [0.29, 0.717) is 6.04 Å². The summed E-state index contributed by atoms with van der Waals surface area (Å²) in [6, 6.07) is 0.586. The van der Waals surface area contributed by atoms with E-state index in [2.05, 4.69) is 12.3 Å². The lowest BCUT2D eigenvalue weighted by atomic mass is 9.75. The molecule has 2 nitrogen and oxygen atoms in total. The summed E-state index contributed by atoms with van der Waals surface area (Å²) in [6.07, 6.45) is 18.6. The van der Waals surface area contributed by atoms with Crippen LogP contribution in [0.4, 0.5) is 0 Å². The fourth-order valence-corrected chi connectivity index (χ4v) is 4.54. The van der Waals surface area contributed by atoms with Gasteiger partial charge >= 0.3 is 0 Å². The fraction of sp³-hybridized carbons (Fsp3) is 1.00. The normalized spacial score (nSPS) is 29.7. The van der Waals surface area contributed by atoms with Gasteiger partial charge in [0, 0.05) is 6.04 Å². The van der Waals surface area contributed by atoms with Gasteiger partial charge in [-0.05, 0) is 43.4 Å². The van der Waals surface area contributed by atoms with Crippen molar-refractivity contribution < 1.29 is 0 Å². The second-order valence-corrected chi connectivity index (χ2v) is 7.42. The smallest absolute Gasteiger partial charge is 0.0238 e. The standard InChI is InChI=1S/C18H36N2/c1-2-3-6-16-9-12-17(13-10-16)18(20-19)14-11-15-7-4-5-8-15/h15-18,20H,2-14,19H2,1H3. The average Bonchev–Trinajstić information content (AvgIpc) is 3.00. The molecule has 0 aromatic rings. The summed E-state index contributed by atoms with van der Waals surface area (Å²) in [5.41, 5.74) is 3.15. The van der Waals surface area contributed by atoms with Crippen molar-refractivity contribution in [3.05, 3.63) is 0 Å². The zero-order valence-corrected chi connectivity index (χ0v) is 13.6. The molecule has 0 heterocycles. The first-order valence-electron chi connectivity index (χ1n) is 9.29. The lowest BCUT2D eigenvalue weighted by Gasteiger charge is -2.34. The van der Waals surface area contributed by atoms with Crippen molar-refractivity contribution in [2.45, 2.75) is 96.4 Å². The first-order chi connectivity index (χ1) is 9.83. The maximum absolute atomic E-state index is 5.85. The third-order valence-electron chi connectivity index (χ3n) is 6.00. The Kier molecular flexibility index (Phi) is 7.37. The Bertz CT molecular complexity index is 240. The Labute approximate surface area is 126 Å². The Hall–Kier alpha value is -0.0800. The minimum absolute atomic E-state index is 0.586. The maximum atomic E-state index is 5.85. The third kappa shape index (κ3) is 5.04. The number of hydrazine groups is 1. The molecule has 0 aromatic heterocycles. The van der Waals surface area contributed by atoms with Crippen LogP contribution in [0.1, 0.15) is 90.4 Å². The van der Waals surface area contributed by atoms with Crippen molar-refractivity contribution in [3.8, 4) is 0 Å². The highest BCUT2D eigenvalue weighted by molar-refractivity contribution is 4.82. The van der Waals surface area contributed by atoms with Gasteiger partial charge in [0.15, 0.2) is 0 Å². The highest BCUT2D eigenvalue weighted by Crippen LogP contribution is 2.36. The fourth-order valence-electron chi connectivity index (χ4n) is 4.54. The van der Waals surface area contributed by atoms with Crippen LogP contribution in [-0.2, 0) is 0 Å². The van der Waals surface area contributed by atoms with Gasteiger partial charge in [0.25, 0.3) is 0 Å². The molecule has 0 saturated heterocycles. The molecule has 1 unspecified atom stereocenters. The van der Waals surface area contributed by atoms with Crippen LogP contribution in [0.5, 0.6) is 0 Å². The van der Waals surface area contributed by atoms with Crippen LogP contribution < -0.4 is 11.3 Å². The van der Waals surface area contributed by atoms with Crippen LogP contribution in [-0.4, -0.2) is 6.04 Å². The number of rotatable bonds is 8. The van der Waals surface area contributed by atoms with Gasteiger partial charge in [-0.25, -0.2) is 0 Å². The highest BCUT2D eigenvalue weighted by atomic mass is 15.2. The molecule has 20 heavy (non-hydrogen) atoms. The molecule has 0 radical (unpaired) electrons. The van der Waals surface area contributed by atoms with E-state index in [-0.39, 0.29) is 0 Å². The molecule has 2 fully saturated rings. The average molecular weight is 280 g/mol. The second-order valence-electron chi connectivity index (χ2n) is 7.42. The van der Waals surface area contributed by atoms with E-state index in [9.17, 15) is 0 Å². The van der Waals surface area contributed by atoms with Crippen LogP contribution in [0.15, 0.2) is 0 Å². The zero-order chi connectivity index (χ0) is 14.2. The van der Waals surface area contributed by atoms with Gasteiger partial charge in [-0.3, -0.25) is 11.3 Å². The minimum atomic E-state index is 0.586. The van der Waals surface area contributed by atoms with Crippen molar-refractivity contribution in [3.63, 3.8) is 0 Å². The van der Waals surface area contributed by atoms with Crippen molar-refractivity contribution >= 4 is 0 Å². The van der Waals surface area contributed by atoms with E-state index in [1.807, 2.05) is 0 Å². The second kappa shape index (κ2) is 9.04. The van der Waals surface area contributed by atoms with E-state index in [0.717, 1.165) is 17.8 Å². The number of nitrogens with two attached hydrogens (primary N) is 1. The first-order valence-corrected chi connectivity index (χ1v) is 9.29. The molecule has 118 valence electrons. The summed E-state index contributed by atoms with van der Waals surface area (Å²) in [6.45, 7) is 2.31. The van der Waals surface area contributed by atoms with Gasteiger partial charge in [-0.15, -0.1) is 0 Å². The summed E-state index contributed by atoms with van der Waals surface area (Å²) in [5.74, 6) is 8.72. The molecule has 2 rings (SSSR count). The van der Waals surface area contributed by atoms with Crippen molar-refractivity contribution in [1.29, 1.82) is 0 Å². The van der Waals surface area contributed by atoms with Gasteiger partial charge in [-0.1, -0.05) is 64.7 Å². The third-order valence-corrected chi connectivity index (χ3v) is 6.00. The largest absolute Gasteiger partial charge is 0.271 e. The number of hydrogen-bond donors (Lipinski definition) is 2. The van der Waals surface area contributed by atoms with Gasteiger partial charge in [0.05, 0.1) is 0 Å². The molecular formula is C18H36N2. The van der Waals surface area contributed by atoms with Crippen molar-refractivity contribution in [2.75, 3.05) is 0 Å². The molecule has 2 heteroatoms. The van der Waals surface area contributed by atoms with Crippen LogP contribution in [0.2, 0.25) is 0 Å². The Morgan fingerprint density at radius 3 is 2.20 bits per heavy atom. The maximum Gasteiger partial charge on any atom is 0.0238 e. The summed E-state index contributed by atoms with van der Waals surface area (Å²) in [4.78, 5) is 0. The molecule has 0 aliphatic heterocycles. The molecule has 0 bridgehead atoms. The molecule has 2 aliphatic carbocycles. The van der Waals surface area contributed by atoms with E-state index >= 15 is 0 Å². The SMILES string of the molecule is CCCCC1CCC(C(CCC2CCCC2)NN)CC1. The zero-order valence-electron chi connectivity index (χ0n) is 13.6. The monoisotopic (exact) mass is 280 g/mol. The molecular weight excluding hydrogens is 244 g/mol. The Morgan fingerprint density at radius 1 is 0.950 bits per heavy atom. The number of unbranched alkanes of at least 4 members (excludes halogenated alkanes) is 1. The molecule has 1 atom stereocenters. The summed E-state index contributed by atoms with van der Waals surface area (Å²) in [7, 11) is 0. The predicted octanol–water partition coefficient (Wildman–Crippen LogP) is 4.79. The summed E-state index contributed by atoms with van der Waals surface area (Å²) in [5, 5.41) is 0. The predicted molar refractivity (Wildman–Crippen MR) is 87.3 cm³/mol. The number of nitrogens with one attached hydrogen (secondary N) is 1. The van der Waals surface area contributed by atoms with E-state index in [4.69, 9.17) is 5.84 Å². The molecule has 2 aliphatic rings. The topological polar surface area (TPSA) is 38.0 Å². The van der Waals surface area contributed by atoms with Crippen LogP contribution in [0.25, 0.3) is 0 Å². The lowest BCUT2D eigenvalue weighted by molar-refractivity contribution is 0.200. The molecule has 2 saturated carbocycles. The van der Waals surface area contributed by atoms with Crippen LogP contribution >= 0.6 is 0 Å². The van der Waals surface area contributed by atoms with E-state index in [1.165, 1.54) is 83.5 Å². The van der Waals surface area contributed by atoms with Crippen molar-refractivity contribution in [1.82, 2.24) is 5.43 Å². The molecule has 0 spiro atoms. The minimum Gasteiger partial charge on any atom is -0.271 e. The van der Waals surface area contributed by atoms with Gasteiger partial charge in [-0.2, -0.15) is 0 Å². The van der Waals surface area contributed by atoms with Crippen LogP contribution in [0, 0.1) is 17.8 Å².